The van der Waals surface area contributed by atoms with Crippen molar-refractivity contribution in [2.75, 3.05) is 19.0 Å². The minimum atomic E-state index is -0.873. The summed E-state index contributed by atoms with van der Waals surface area (Å²) in [6.07, 6.45) is 0.662. The number of hydrogen-bond donors (Lipinski definition) is 2. The summed E-state index contributed by atoms with van der Waals surface area (Å²) in [6, 6.07) is 7.91. The van der Waals surface area contributed by atoms with E-state index in [9.17, 15) is 4.79 Å². The second kappa shape index (κ2) is 6.54. The van der Waals surface area contributed by atoms with Gasteiger partial charge in [0.25, 0.3) is 0 Å². The SMILES string of the molecule is COCc1ccccc1NCC1CCC(C(=O)O)O1. The van der Waals surface area contributed by atoms with E-state index < -0.39 is 12.1 Å². The number of nitrogens with one attached hydrogen (secondary N) is 1. The molecule has 1 fully saturated rings. The van der Waals surface area contributed by atoms with E-state index in [0.717, 1.165) is 17.7 Å². The van der Waals surface area contributed by atoms with Crippen molar-refractivity contribution in [2.24, 2.45) is 0 Å². The normalized spacial score (nSPS) is 22.4. The third-order valence-corrected chi connectivity index (χ3v) is 3.22. The molecule has 2 N–H and O–H groups in total. The number of benzene rings is 1. The first-order chi connectivity index (χ1) is 9.20. The third kappa shape index (κ3) is 3.68. The molecule has 2 atom stereocenters. The van der Waals surface area contributed by atoms with Crippen molar-refractivity contribution in [1.82, 2.24) is 0 Å². The van der Waals surface area contributed by atoms with Crippen molar-refractivity contribution in [3.8, 4) is 0 Å². The van der Waals surface area contributed by atoms with E-state index >= 15 is 0 Å². The molecule has 1 heterocycles. The maximum absolute atomic E-state index is 10.8. The fourth-order valence-corrected chi connectivity index (χ4v) is 2.24. The molecule has 1 aromatic rings. The Hall–Kier alpha value is -1.59. The summed E-state index contributed by atoms with van der Waals surface area (Å²) >= 11 is 0. The minimum Gasteiger partial charge on any atom is -0.479 e. The number of carboxylic acid groups (broad SMARTS) is 1. The predicted molar refractivity (Wildman–Crippen MR) is 71.2 cm³/mol. The molecule has 0 radical (unpaired) electrons. The van der Waals surface area contributed by atoms with Crippen molar-refractivity contribution < 1.29 is 19.4 Å². The molecule has 0 aromatic heterocycles. The second-order valence-electron chi connectivity index (χ2n) is 4.63. The molecule has 2 unspecified atom stereocenters. The Morgan fingerprint density at radius 1 is 1.47 bits per heavy atom. The summed E-state index contributed by atoms with van der Waals surface area (Å²) in [4.78, 5) is 10.8. The Kier molecular flexibility index (Phi) is 4.76. The van der Waals surface area contributed by atoms with Crippen LogP contribution in [0.25, 0.3) is 0 Å². The van der Waals surface area contributed by atoms with Crippen LogP contribution in [0.15, 0.2) is 24.3 Å². The van der Waals surface area contributed by atoms with Gasteiger partial charge in [-0.15, -0.1) is 0 Å². The predicted octanol–water partition coefficient (Wildman–Crippen LogP) is 1.88. The van der Waals surface area contributed by atoms with Crippen LogP contribution >= 0.6 is 0 Å². The Morgan fingerprint density at radius 3 is 2.95 bits per heavy atom. The topological polar surface area (TPSA) is 67.8 Å². The lowest BCUT2D eigenvalue weighted by Gasteiger charge is -2.15. The Morgan fingerprint density at radius 2 is 2.26 bits per heavy atom. The summed E-state index contributed by atoms with van der Waals surface area (Å²) in [5.74, 6) is -0.873. The summed E-state index contributed by atoms with van der Waals surface area (Å²) in [5.41, 5.74) is 2.09. The van der Waals surface area contributed by atoms with E-state index in [2.05, 4.69) is 5.32 Å². The number of carbonyl (C=O) groups is 1. The first-order valence-corrected chi connectivity index (χ1v) is 6.39. The Balaban J connectivity index is 1.87. The minimum absolute atomic E-state index is 0.0447. The fourth-order valence-electron chi connectivity index (χ4n) is 2.24. The van der Waals surface area contributed by atoms with Gasteiger partial charge in [0.2, 0.25) is 0 Å². The molecule has 104 valence electrons. The van der Waals surface area contributed by atoms with Gasteiger partial charge in [0.15, 0.2) is 6.10 Å². The smallest absolute Gasteiger partial charge is 0.332 e. The lowest BCUT2D eigenvalue weighted by atomic mass is 10.1. The van der Waals surface area contributed by atoms with Crippen molar-refractivity contribution >= 4 is 11.7 Å². The number of anilines is 1. The van der Waals surface area contributed by atoms with E-state index in [4.69, 9.17) is 14.6 Å². The van der Waals surface area contributed by atoms with E-state index in [1.165, 1.54) is 0 Å². The highest BCUT2D eigenvalue weighted by molar-refractivity contribution is 5.72. The van der Waals surface area contributed by atoms with Gasteiger partial charge in [-0.05, 0) is 18.9 Å². The van der Waals surface area contributed by atoms with E-state index in [0.29, 0.717) is 19.6 Å². The first kappa shape index (κ1) is 13.8. The van der Waals surface area contributed by atoms with Crippen LogP contribution in [0.3, 0.4) is 0 Å². The molecule has 0 saturated carbocycles. The Bertz CT molecular complexity index is 435. The molecule has 0 spiro atoms. The van der Waals surface area contributed by atoms with E-state index in [1.54, 1.807) is 7.11 Å². The molecule has 5 heteroatoms. The van der Waals surface area contributed by atoms with E-state index in [1.807, 2.05) is 24.3 Å². The molecule has 5 nitrogen and oxygen atoms in total. The highest BCUT2D eigenvalue weighted by Gasteiger charge is 2.30. The highest BCUT2D eigenvalue weighted by atomic mass is 16.5. The van der Waals surface area contributed by atoms with Crippen LogP contribution in [-0.2, 0) is 20.9 Å². The van der Waals surface area contributed by atoms with Gasteiger partial charge in [0.1, 0.15) is 0 Å². The zero-order valence-electron chi connectivity index (χ0n) is 11.0. The molecule has 19 heavy (non-hydrogen) atoms. The van der Waals surface area contributed by atoms with Crippen LogP contribution < -0.4 is 5.32 Å². The van der Waals surface area contributed by atoms with Crippen LogP contribution in [0.2, 0.25) is 0 Å². The van der Waals surface area contributed by atoms with Gasteiger partial charge in [0.05, 0.1) is 12.7 Å². The molecule has 0 aliphatic carbocycles. The number of para-hydroxylation sites is 1. The fraction of sp³-hybridized carbons (Fsp3) is 0.500. The summed E-state index contributed by atoms with van der Waals surface area (Å²) in [6.45, 7) is 1.16. The van der Waals surface area contributed by atoms with Crippen LogP contribution in [0.4, 0.5) is 5.69 Å². The zero-order chi connectivity index (χ0) is 13.7. The van der Waals surface area contributed by atoms with Crippen LogP contribution in [0.1, 0.15) is 18.4 Å². The molecule has 1 aliphatic heterocycles. The maximum Gasteiger partial charge on any atom is 0.332 e. The molecule has 1 aliphatic rings. The number of aliphatic carboxylic acids is 1. The van der Waals surface area contributed by atoms with E-state index in [-0.39, 0.29) is 6.10 Å². The standard InChI is InChI=1S/C14H19NO4/c1-18-9-10-4-2-3-5-12(10)15-8-11-6-7-13(19-11)14(16)17/h2-5,11,13,15H,6-9H2,1H3,(H,16,17). The molecule has 0 amide bonds. The summed E-state index contributed by atoms with van der Waals surface area (Å²) in [5, 5.41) is 12.2. The average Bonchev–Trinajstić information content (AvgIpc) is 2.87. The summed E-state index contributed by atoms with van der Waals surface area (Å²) in [7, 11) is 1.66. The van der Waals surface area contributed by atoms with Crippen LogP contribution in [-0.4, -0.2) is 36.9 Å². The van der Waals surface area contributed by atoms with Crippen molar-refractivity contribution in [3.63, 3.8) is 0 Å². The van der Waals surface area contributed by atoms with Crippen LogP contribution in [0.5, 0.6) is 0 Å². The van der Waals surface area contributed by atoms with Gasteiger partial charge in [-0.2, -0.15) is 0 Å². The lowest BCUT2D eigenvalue weighted by Crippen LogP contribution is -2.24. The van der Waals surface area contributed by atoms with Gasteiger partial charge >= 0.3 is 5.97 Å². The molecule has 0 bridgehead atoms. The first-order valence-electron chi connectivity index (χ1n) is 6.39. The Labute approximate surface area is 112 Å². The van der Waals surface area contributed by atoms with Crippen molar-refractivity contribution in [2.45, 2.75) is 31.7 Å². The second-order valence-corrected chi connectivity index (χ2v) is 4.63. The average molecular weight is 265 g/mol. The van der Waals surface area contributed by atoms with Gasteiger partial charge in [-0.25, -0.2) is 4.79 Å². The van der Waals surface area contributed by atoms with Gasteiger partial charge in [-0.1, -0.05) is 18.2 Å². The quantitative estimate of drug-likeness (QED) is 0.822. The highest BCUT2D eigenvalue weighted by Crippen LogP contribution is 2.22. The number of carboxylic acids is 1. The van der Waals surface area contributed by atoms with Crippen molar-refractivity contribution in [3.05, 3.63) is 29.8 Å². The molecule has 1 aromatic carbocycles. The molecular weight excluding hydrogens is 246 g/mol. The number of hydrogen-bond acceptors (Lipinski definition) is 4. The number of rotatable bonds is 6. The van der Waals surface area contributed by atoms with Crippen molar-refractivity contribution in [1.29, 1.82) is 0 Å². The maximum atomic E-state index is 10.8. The van der Waals surface area contributed by atoms with Gasteiger partial charge in [-0.3, -0.25) is 0 Å². The monoisotopic (exact) mass is 265 g/mol. The molecule has 2 rings (SSSR count). The molecular formula is C14H19NO4. The van der Waals surface area contributed by atoms with Gasteiger partial charge < -0.3 is 19.9 Å². The molecule has 1 saturated heterocycles. The third-order valence-electron chi connectivity index (χ3n) is 3.22. The zero-order valence-corrected chi connectivity index (χ0v) is 11.0. The largest absolute Gasteiger partial charge is 0.479 e. The summed E-state index contributed by atoms with van der Waals surface area (Å²) < 4.78 is 10.6. The van der Waals surface area contributed by atoms with Crippen LogP contribution in [0, 0.1) is 0 Å². The number of ether oxygens (including phenoxy) is 2. The van der Waals surface area contributed by atoms with Gasteiger partial charge in [0, 0.05) is 24.9 Å². The lowest BCUT2D eigenvalue weighted by molar-refractivity contribution is -0.149. The number of methoxy groups -OCH3 is 1.